The highest BCUT2D eigenvalue weighted by Gasteiger charge is 2.16. The van der Waals surface area contributed by atoms with E-state index in [2.05, 4.69) is 65.2 Å². The lowest BCUT2D eigenvalue weighted by molar-refractivity contribution is 0.207. The third-order valence-electron chi connectivity index (χ3n) is 7.37. The Kier molecular flexibility index (Phi) is 9.30. The number of carbonyl (C=O) groups is 1. The second-order valence-electron chi connectivity index (χ2n) is 10.2. The minimum Gasteiger partial charge on any atom is -0.497 e. The van der Waals surface area contributed by atoms with Gasteiger partial charge in [0.15, 0.2) is 0 Å². The molecule has 0 saturated heterocycles. The Balaban J connectivity index is 1.21. The van der Waals surface area contributed by atoms with Crippen molar-refractivity contribution in [3.63, 3.8) is 0 Å². The number of hydrogen-bond donors (Lipinski definition) is 2. The summed E-state index contributed by atoms with van der Waals surface area (Å²) in [5.41, 5.74) is 5.54. The number of thiophene rings is 1. The second-order valence-corrected chi connectivity index (χ2v) is 11.2. The molecule has 0 spiro atoms. The van der Waals surface area contributed by atoms with Gasteiger partial charge in [-0.15, -0.1) is 11.3 Å². The summed E-state index contributed by atoms with van der Waals surface area (Å²) < 4.78 is 5.23. The number of rotatable bonds is 10. The molecule has 1 saturated carbocycles. The molecule has 0 aliphatic heterocycles. The number of nitrogens with zero attached hydrogens (tertiary/aromatic N) is 1. The molecule has 0 atom stereocenters. The van der Waals surface area contributed by atoms with Crippen LogP contribution < -0.4 is 15.4 Å². The van der Waals surface area contributed by atoms with E-state index in [0.717, 1.165) is 28.4 Å². The molecule has 0 bridgehead atoms. The van der Waals surface area contributed by atoms with E-state index in [1.54, 1.807) is 18.4 Å². The molecular formula is C33H37N3O2S. The zero-order valence-electron chi connectivity index (χ0n) is 22.6. The van der Waals surface area contributed by atoms with Gasteiger partial charge in [-0.2, -0.15) is 0 Å². The molecule has 1 heterocycles. The molecule has 2 amide bonds. The van der Waals surface area contributed by atoms with E-state index in [0.29, 0.717) is 19.1 Å². The van der Waals surface area contributed by atoms with E-state index in [-0.39, 0.29) is 6.03 Å². The number of urea groups is 1. The first kappa shape index (κ1) is 27.0. The van der Waals surface area contributed by atoms with Crippen LogP contribution in [0, 0.1) is 0 Å². The third-order valence-corrected chi connectivity index (χ3v) is 8.23. The molecule has 6 heteroatoms. The zero-order valence-corrected chi connectivity index (χ0v) is 23.4. The van der Waals surface area contributed by atoms with Crippen molar-refractivity contribution in [3.8, 4) is 16.9 Å². The average molecular weight is 540 g/mol. The van der Waals surface area contributed by atoms with Gasteiger partial charge in [0, 0.05) is 29.7 Å². The average Bonchev–Trinajstić information content (AvgIpc) is 3.51. The molecule has 5 nitrogen and oxygen atoms in total. The third kappa shape index (κ3) is 7.71. The first-order valence-corrected chi connectivity index (χ1v) is 14.7. The lowest BCUT2D eigenvalue weighted by atomic mass is 9.95. The maximum absolute atomic E-state index is 13.3. The number of carbonyl (C=O) groups excluding carboxylic acids is 1. The monoisotopic (exact) mass is 539 g/mol. The van der Waals surface area contributed by atoms with Crippen molar-refractivity contribution in [3.05, 3.63) is 106 Å². The summed E-state index contributed by atoms with van der Waals surface area (Å²) in [6, 6.07) is 29.4. The fraction of sp³-hybridized carbons (Fsp3) is 0.303. The minimum atomic E-state index is -0.130. The number of methoxy groups -OCH3 is 1. The maximum Gasteiger partial charge on any atom is 0.322 e. The van der Waals surface area contributed by atoms with Gasteiger partial charge in [0.1, 0.15) is 5.75 Å². The first-order chi connectivity index (χ1) is 19.2. The van der Waals surface area contributed by atoms with Crippen molar-refractivity contribution in [2.45, 2.75) is 57.8 Å². The Morgan fingerprint density at radius 2 is 1.51 bits per heavy atom. The summed E-state index contributed by atoms with van der Waals surface area (Å²) in [6.45, 7) is 2.01. The fourth-order valence-corrected chi connectivity index (χ4v) is 5.79. The van der Waals surface area contributed by atoms with Crippen molar-refractivity contribution < 1.29 is 9.53 Å². The van der Waals surface area contributed by atoms with Crippen LogP contribution in [0.5, 0.6) is 5.75 Å². The van der Waals surface area contributed by atoms with Crippen LogP contribution in [-0.2, 0) is 19.6 Å². The number of amides is 2. The molecule has 1 aliphatic carbocycles. The molecule has 1 aliphatic rings. The van der Waals surface area contributed by atoms with E-state index in [9.17, 15) is 4.79 Å². The highest BCUT2D eigenvalue weighted by atomic mass is 32.1. The number of benzene rings is 3. The van der Waals surface area contributed by atoms with Crippen LogP contribution in [0.1, 0.15) is 48.1 Å². The van der Waals surface area contributed by atoms with Gasteiger partial charge in [-0.05, 0) is 70.8 Å². The molecule has 0 radical (unpaired) electrons. The van der Waals surface area contributed by atoms with Crippen molar-refractivity contribution >= 4 is 23.1 Å². The van der Waals surface area contributed by atoms with E-state index >= 15 is 0 Å². The Labute approximate surface area is 235 Å². The van der Waals surface area contributed by atoms with Gasteiger partial charge in [-0.1, -0.05) is 73.9 Å². The van der Waals surface area contributed by atoms with Crippen molar-refractivity contribution in [1.29, 1.82) is 0 Å². The summed E-state index contributed by atoms with van der Waals surface area (Å²) in [5, 5.41) is 8.80. The van der Waals surface area contributed by atoms with Gasteiger partial charge in [0.2, 0.25) is 0 Å². The van der Waals surface area contributed by atoms with Crippen LogP contribution in [-0.4, -0.2) is 24.1 Å². The summed E-state index contributed by atoms with van der Waals surface area (Å²) in [4.78, 5) is 16.2. The summed E-state index contributed by atoms with van der Waals surface area (Å²) in [6.07, 6.45) is 6.70. The Bertz CT molecular complexity index is 1300. The predicted molar refractivity (Wildman–Crippen MR) is 161 cm³/mol. The van der Waals surface area contributed by atoms with Gasteiger partial charge in [0.05, 0.1) is 13.7 Å². The molecule has 202 valence electrons. The SMILES string of the molecule is COc1ccc(NC(=O)N(Cc2ccc(-c3ccc(CNC4CCCCC4)cc3)cc2)Cc2cccs2)cc1. The highest BCUT2D eigenvalue weighted by molar-refractivity contribution is 7.09. The molecule has 3 aromatic carbocycles. The van der Waals surface area contributed by atoms with Crippen molar-refractivity contribution in [2.75, 3.05) is 12.4 Å². The molecule has 1 aromatic heterocycles. The minimum absolute atomic E-state index is 0.130. The number of ether oxygens (including phenoxy) is 1. The summed E-state index contributed by atoms with van der Waals surface area (Å²) in [5.74, 6) is 0.759. The second kappa shape index (κ2) is 13.5. The predicted octanol–water partition coefficient (Wildman–Crippen LogP) is 8.08. The van der Waals surface area contributed by atoms with Crippen LogP contribution >= 0.6 is 11.3 Å². The lowest BCUT2D eigenvalue weighted by Crippen LogP contribution is -2.33. The Morgan fingerprint density at radius 3 is 2.13 bits per heavy atom. The van der Waals surface area contributed by atoms with Gasteiger partial charge in [-0.25, -0.2) is 4.79 Å². The van der Waals surface area contributed by atoms with Crippen molar-refractivity contribution in [2.24, 2.45) is 0 Å². The molecule has 0 unspecified atom stereocenters. The summed E-state index contributed by atoms with van der Waals surface area (Å²) in [7, 11) is 1.63. The topological polar surface area (TPSA) is 53.6 Å². The fourth-order valence-electron chi connectivity index (χ4n) is 5.07. The largest absolute Gasteiger partial charge is 0.497 e. The van der Waals surface area contributed by atoms with E-state index in [1.807, 2.05) is 40.6 Å². The van der Waals surface area contributed by atoms with Crippen LogP contribution in [0.3, 0.4) is 0 Å². The molecular weight excluding hydrogens is 502 g/mol. The molecule has 5 rings (SSSR count). The van der Waals surface area contributed by atoms with E-state index in [1.165, 1.54) is 48.8 Å². The first-order valence-electron chi connectivity index (χ1n) is 13.8. The van der Waals surface area contributed by atoms with Crippen LogP contribution in [0.4, 0.5) is 10.5 Å². The Morgan fingerprint density at radius 1 is 0.846 bits per heavy atom. The van der Waals surface area contributed by atoms with Gasteiger partial charge < -0.3 is 20.3 Å². The summed E-state index contributed by atoms with van der Waals surface area (Å²) >= 11 is 1.66. The van der Waals surface area contributed by atoms with Crippen LogP contribution in [0.25, 0.3) is 11.1 Å². The van der Waals surface area contributed by atoms with Gasteiger partial charge >= 0.3 is 6.03 Å². The zero-order chi connectivity index (χ0) is 26.9. The lowest BCUT2D eigenvalue weighted by Gasteiger charge is -2.23. The molecule has 1 fully saturated rings. The number of nitrogens with one attached hydrogen (secondary N) is 2. The van der Waals surface area contributed by atoms with Crippen molar-refractivity contribution in [1.82, 2.24) is 10.2 Å². The molecule has 2 N–H and O–H groups in total. The van der Waals surface area contributed by atoms with E-state index in [4.69, 9.17) is 4.74 Å². The van der Waals surface area contributed by atoms with E-state index < -0.39 is 0 Å². The molecule has 4 aromatic rings. The normalized spacial score (nSPS) is 13.7. The van der Waals surface area contributed by atoms with Gasteiger partial charge in [-0.3, -0.25) is 0 Å². The quantitative estimate of drug-likeness (QED) is 0.214. The maximum atomic E-state index is 13.3. The molecule has 39 heavy (non-hydrogen) atoms. The Hall–Kier alpha value is -3.61. The van der Waals surface area contributed by atoms with Gasteiger partial charge in [0.25, 0.3) is 0 Å². The smallest absolute Gasteiger partial charge is 0.322 e. The number of hydrogen-bond acceptors (Lipinski definition) is 4. The van der Waals surface area contributed by atoms with Crippen LogP contribution in [0.2, 0.25) is 0 Å². The van der Waals surface area contributed by atoms with Crippen LogP contribution in [0.15, 0.2) is 90.3 Å². The highest BCUT2D eigenvalue weighted by Crippen LogP contribution is 2.23. The standard InChI is InChI=1S/C33H37N3O2S/c1-38-31-19-17-30(18-20-31)35-33(37)36(24-32-8-5-21-39-32)23-26-11-15-28(16-12-26)27-13-9-25(10-14-27)22-34-29-6-3-2-4-7-29/h5,8-21,29,34H,2-4,6-7,22-24H2,1H3,(H,35,37). The number of anilines is 1.